The van der Waals surface area contributed by atoms with Gasteiger partial charge in [-0.15, -0.1) is 0 Å². The molecule has 5 rings (SSSR count). The summed E-state index contributed by atoms with van der Waals surface area (Å²) in [7, 11) is 0. The van der Waals surface area contributed by atoms with Crippen molar-refractivity contribution < 1.29 is 19.1 Å². The van der Waals surface area contributed by atoms with Gasteiger partial charge < -0.3 is 19.7 Å². The van der Waals surface area contributed by atoms with Crippen LogP contribution in [0.1, 0.15) is 46.1 Å². The predicted octanol–water partition coefficient (Wildman–Crippen LogP) is 3.88. The molecule has 0 aliphatic carbocycles. The molecule has 1 fully saturated rings. The third-order valence-electron chi connectivity index (χ3n) is 6.54. The monoisotopic (exact) mass is 457 g/mol. The van der Waals surface area contributed by atoms with Gasteiger partial charge in [-0.2, -0.15) is 0 Å². The number of carbonyl (C=O) groups excluding carboxylic acids is 2. The highest BCUT2D eigenvalue weighted by Gasteiger charge is 2.30. The Hall–Kier alpha value is -3.87. The number of nitrogens with zero attached hydrogens (tertiary/aromatic N) is 2. The molecule has 0 bridgehead atoms. The van der Waals surface area contributed by atoms with Gasteiger partial charge in [-0.3, -0.25) is 14.6 Å². The summed E-state index contributed by atoms with van der Waals surface area (Å²) in [5.74, 6) is 1.04. The third kappa shape index (κ3) is 4.46. The zero-order valence-electron chi connectivity index (χ0n) is 19.1. The number of aryl methyl sites for hydroxylation is 1. The fourth-order valence-electron chi connectivity index (χ4n) is 4.59. The summed E-state index contributed by atoms with van der Waals surface area (Å²) in [6.07, 6.45) is 2.97. The lowest BCUT2D eigenvalue weighted by molar-refractivity contribution is -0.126. The Morgan fingerprint density at radius 2 is 1.76 bits per heavy atom. The molecule has 174 valence electrons. The number of amides is 2. The summed E-state index contributed by atoms with van der Waals surface area (Å²) in [4.78, 5) is 32.6. The Bertz CT molecular complexity index is 1190. The van der Waals surface area contributed by atoms with Gasteiger partial charge in [0.15, 0.2) is 11.5 Å². The topological polar surface area (TPSA) is 80.8 Å². The highest BCUT2D eigenvalue weighted by atomic mass is 16.7. The summed E-state index contributed by atoms with van der Waals surface area (Å²) in [5, 5.41) is 3.23. The van der Waals surface area contributed by atoms with Crippen molar-refractivity contribution in [2.75, 3.05) is 19.9 Å². The fourth-order valence-corrected chi connectivity index (χ4v) is 4.59. The van der Waals surface area contributed by atoms with Crippen molar-refractivity contribution in [3.05, 3.63) is 89.2 Å². The molecule has 7 heteroatoms. The summed E-state index contributed by atoms with van der Waals surface area (Å²) in [5.41, 5.74) is 3.51. The molecular weight excluding hydrogens is 430 g/mol. The molecule has 2 aliphatic rings. The van der Waals surface area contributed by atoms with Gasteiger partial charge in [0.25, 0.3) is 5.91 Å². The highest BCUT2D eigenvalue weighted by molar-refractivity contribution is 5.95. The minimum Gasteiger partial charge on any atom is -0.454 e. The van der Waals surface area contributed by atoms with Crippen molar-refractivity contribution in [1.29, 1.82) is 0 Å². The first-order chi connectivity index (χ1) is 16.6. The van der Waals surface area contributed by atoms with Crippen LogP contribution >= 0.6 is 0 Å². The molecule has 1 saturated heterocycles. The molecule has 2 aromatic carbocycles. The van der Waals surface area contributed by atoms with Crippen LogP contribution in [0.25, 0.3) is 0 Å². The number of piperidine rings is 1. The van der Waals surface area contributed by atoms with Gasteiger partial charge in [-0.25, -0.2) is 0 Å². The van der Waals surface area contributed by atoms with Crippen LogP contribution in [0.15, 0.2) is 66.9 Å². The number of hydrogen-bond donors (Lipinski definition) is 1. The van der Waals surface area contributed by atoms with Crippen LogP contribution < -0.4 is 14.8 Å². The number of pyridine rings is 1. The first-order valence-electron chi connectivity index (χ1n) is 11.6. The summed E-state index contributed by atoms with van der Waals surface area (Å²) >= 11 is 0. The molecule has 2 aliphatic heterocycles. The van der Waals surface area contributed by atoms with Crippen molar-refractivity contribution in [2.45, 2.75) is 25.8 Å². The standard InChI is InChI=1S/C27H27N3O4/c1-18-6-2-3-7-21(18)25(22-8-4-5-13-28-22)29-26(31)19-11-14-30(15-12-19)27(32)20-9-10-23-24(16-20)34-17-33-23/h2-10,13,16,19,25H,11-12,14-15,17H2,1H3,(H,29,31). The molecule has 1 N–H and O–H groups in total. The molecule has 0 spiro atoms. The van der Waals surface area contributed by atoms with Gasteiger partial charge >= 0.3 is 0 Å². The number of aromatic nitrogens is 1. The zero-order chi connectivity index (χ0) is 23.5. The number of hydrogen-bond acceptors (Lipinski definition) is 5. The third-order valence-corrected chi connectivity index (χ3v) is 6.54. The molecule has 2 amide bonds. The van der Waals surface area contributed by atoms with E-state index in [0.717, 1.165) is 16.8 Å². The number of likely N-dealkylation sites (tertiary alicyclic amines) is 1. The van der Waals surface area contributed by atoms with E-state index in [9.17, 15) is 9.59 Å². The molecule has 3 heterocycles. The number of ether oxygens (including phenoxy) is 2. The van der Waals surface area contributed by atoms with Gasteiger partial charge in [0.05, 0.1) is 11.7 Å². The van der Waals surface area contributed by atoms with E-state index in [4.69, 9.17) is 9.47 Å². The van der Waals surface area contributed by atoms with Gasteiger partial charge in [-0.1, -0.05) is 30.3 Å². The van der Waals surface area contributed by atoms with Crippen LogP contribution in [-0.2, 0) is 4.79 Å². The molecule has 3 aromatic rings. The maximum atomic E-state index is 13.3. The van der Waals surface area contributed by atoms with Crippen molar-refractivity contribution in [2.24, 2.45) is 5.92 Å². The smallest absolute Gasteiger partial charge is 0.253 e. The van der Waals surface area contributed by atoms with Crippen LogP contribution in [-0.4, -0.2) is 41.6 Å². The quantitative estimate of drug-likeness (QED) is 0.629. The fraction of sp³-hybridized carbons (Fsp3) is 0.296. The average molecular weight is 458 g/mol. The van der Waals surface area contributed by atoms with Gasteiger partial charge in [0, 0.05) is 30.8 Å². The van der Waals surface area contributed by atoms with Gasteiger partial charge in [0.2, 0.25) is 12.7 Å². The Kier molecular flexibility index (Phi) is 6.16. The van der Waals surface area contributed by atoms with E-state index in [1.165, 1.54) is 0 Å². The molecule has 1 atom stereocenters. The Morgan fingerprint density at radius 1 is 1.00 bits per heavy atom. The number of benzene rings is 2. The van der Waals surface area contributed by atoms with Crippen LogP contribution in [0.4, 0.5) is 0 Å². The predicted molar refractivity (Wildman–Crippen MR) is 127 cm³/mol. The van der Waals surface area contributed by atoms with E-state index in [1.807, 2.05) is 49.4 Å². The van der Waals surface area contributed by atoms with Gasteiger partial charge in [-0.05, 0) is 61.2 Å². The molecule has 7 nitrogen and oxygen atoms in total. The molecule has 1 unspecified atom stereocenters. The number of carbonyl (C=O) groups is 2. The molecule has 0 saturated carbocycles. The number of nitrogens with one attached hydrogen (secondary N) is 1. The SMILES string of the molecule is Cc1ccccc1C(NC(=O)C1CCN(C(=O)c2ccc3c(c2)OCO3)CC1)c1ccccn1. The number of rotatable bonds is 5. The lowest BCUT2D eigenvalue weighted by atomic mass is 9.93. The second-order valence-corrected chi connectivity index (χ2v) is 8.69. The van der Waals surface area contributed by atoms with Crippen molar-refractivity contribution in [3.8, 4) is 11.5 Å². The zero-order valence-corrected chi connectivity index (χ0v) is 19.1. The van der Waals surface area contributed by atoms with Crippen LogP contribution in [0.5, 0.6) is 11.5 Å². The second kappa shape index (κ2) is 9.55. The lowest BCUT2D eigenvalue weighted by Gasteiger charge is -2.32. The largest absolute Gasteiger partial charge is 0.454 e. The van der Waals surface area contributed by atoms with Gasteiger partial charge in [0.1, 0.15) is 0 Å². The minimum absolute atomic E-state index is 0.00548. The van der Waals surface area contributed by atoms with E-state index in [2.05, 4.69) is 10.3 Å². The van der Waals surface area contributed by atoms with Crippen LogP contribution in [0, 0.1) is 12.8 Å². The first kappa shape index (κ1) is 21.9. The van der Waals surface area contributed by atoms with Crippen molar-refractivity contribution >= 4 is 11.8 Å². The van der Waals surface area contributed by atoms with Crippen molar-refractivity contribution in [1.82, 2.24) is 15.2 Å². The molecule has 0 radical (unpaired) electrons. The van der Waals surface area contributed by atoms with Crippen LogP contribution in [0.2, 0.25) is 0 Å². The maximum Gasteiger partial charge on any atom is 0.253 e. The first-order valence-corrected chi connectivity index (χ1v) is 11.6. The highest BCUT2D eigenvalue weighted by Crippen LogP contribution is 2.33. The molecular formula is C27H27N3O4. The van der Waals surface area contributed by atoms with E-state index < -0.39 is 0 Å². The molecule has 34 heavy (non-hydrogen) atoms. The normalized spacial score (nSPS) is 16.2. The maximum absolute atomic E-state index is 13.3. The van der Waals surface area contributed by atoms with Crippen LogP contribution in [0.3, 0.4) is 0 Å². The summed E-state index contributed by atoms with van der Waals surface area (Å²) < 4.78 is 10.7. The Labute approximate surface area is 198 Å². The second-order valence-electron chi connectivity index (χ2n) is 8.69. The lowest BCUT2D eigenvalue weighted by Crippen LogP contribution is -2.44. The van der Waals surface area contributed by atoms with E-state index in [1.54, 1.807) is 29.3 Å². The Morgan fingerprint density at radius 3 is 2.53 bits per heavy atom. The molecule has 1 aromatic heterocycles. The van der Waals surface area contributed by atoms with E-state index >= 15 is 0 Å². The number of fused-ring (bicyclic) bond motifs is 1. The van der Waals surface area contributed by atoms with Crippen molar-refractivity contribution in [3.63, 3.8) is 0 Å². The summed E-state index contributed by atoms with van der Waals surface area (Å²) in [6, 6.07) is 18.7. The summed E-state index contributed by atoms with van der Waals surface area (Å²) in [6.45, 7) is 3.28. The Balaban J connectivity index is 1.25. The average Bonchev–Trinajstić information content (AvgIpc) is 3.36. The minimum atomic E-state index is -0.316. The van der Waals surface area contributed by atoms with E-state index in [-0.39, 0.29) is 30.6 Å². The van der Waals surface area contributed by atoms with E-state index in [0.29, 0.717) is 43.0 Å².